The number of aromatic nitrogens is 1. The van der Waals surface area contributed by atoms with Gasteiger partial charge in [-0.2, -0.15) is 0 Å². The van der Waals surface area contributed by atoms with Crippen molar-refractivity contribution in [1.82, 2.24) is 4.98 Å². The molecule has 0 saturated heterocycles. The minimum Gasteiger partial charge on any atom is -0.436 e. The molecule has 0 spiro atoms. The zero-order valence-electron chi connectivity index (χ0n) is 13.3. The fraction of sp³-hybridized carbons (Fsp3) is 0.222. The first kappa shape index (κ1) is 16.8. The lowest BCUT2D eigenvalue weighted by Gasteiger charge is -2.06. The van der Waals surface area contributed by atoms with Gasteiger partial charge in [-0.1, -0.05) is 31.5 Å². The first-order chi connectivity index (χ1) is 11.5. The molecule has 124 valence electrons. The fourth-order valence-corrected chi connectivity index (χ4v) is 2.65. The third-order valence-corrected chi connectivity index (χ3v) is 4.25. The summed E-state index contributed by atoms with van der Waals surface area (Å²) < 4.78 is 5.82. The lowest BCUT2D eigenvalue weighted by molar-refractivity contribution is -0.113. The monoisotopic (exact) mass is 362 g/mol. The lowest BCUT2D eigenvalue weighted by Crippen LogP contribution is -2.12. The van der Waals surface area contributed by atoms with Gasteiger partial charge in [0.25, 0.3) is 0 Å². The highest BCUT2D eigenvalue weighted by Gasteiger charge is 2.14. The number of nitrogens with zero attached hydrogens (tertiary/aromatic N) is 1. The maximum atomic E-state index is 11.4. The van der Waals surface area contributed by atoms with E-state index in [4.69, 9.17) is 27.6 Å². The Morgan fingerprint density at radius 1 is 1.25 bits per heavy atom. The van der Waals surface area contributed by atoms with Crippen molar-refractivity contribution in [2.45, 2.75) is 19.8 Å². The number of carbonyl (C=O) groups excluding carboxylic acids is 1. The zero-order chi connectivity index (χ0) is 17.3. The van der Waals surface area contributed by atoms with Gasteiger partial charge in [-0.3, -0.25) is 4.79 Å². The van der Waals surface area contributed by atoms with Crippen molar-refractivity contribution in [3.05, 3.63) is 47.0 Å². The van der Waals surface area contributed by atoms with Gasteiger partial charge in [-0.25, -0.2) is 4.98 Å². The summed E-state index contributed by atoms with van der Waals surface area (Å²) >= 11 is 11.8. The Hall–Kier alpha value is -2.04. The third kappa shape index (κ3) is 3.40. The van der Waals surface area contributed by atoms with Crippen LogP contribution in [0.5, 0.6) is 0 Å². The highest BCUT2D eigenvalue weighted by atomic mass is 35.5. The van der Waals surface area contributed by atoms with Crippen LogP contribution in [-0.4, -0.2) is 16.8 Å². The molecule has 0 unspecified atom stereocenters. The van der Waals surface area contributed by atoms with Gasteiger partial charge < -0.3 is 9.73 Å². The molecule has 0 aliphatic carbocycles. The summed E-state index contributed by atoms with van der Waals surface area (Å²) in [6, 6.07) is 11.1. The topological polar surface area (TPSA) is 55.1 Å². The summed E-state index contributed by atoms with van der Waals surface area (Å²) in [7, 11) is 0. The lowest BCUT2D eigenvalue weighted by atomic mass is 10.0. The van der Waals surface area contributed by atoms with Gasteiger partial charge in [0.05, 0.1) is 10.6 Å². The molecule has 4 nitrogen and oxygen atoms in total. The number of nitrogens with one attached hydrogen (secondary N) is 1. The van der Waals surface area contributed by atoms with Crippen LogP contribution in [0.3, 0.4) is 0 Å². The van der Waals surface area contributed by atoms with Crippen molar-refractivity contribution >= 4 is 45.9 Å². The number of anilines is 1. The van der Waals surface area contributed by atoms with E-state index in [0.29, 0.717) is 33.7 Å². The molecule has 0 atom stereocenters. The first-order valence-electron chi connectivity index (χ1n) is 7.54. The predicted molar refractivity (Wildman–Crippen MR) is 97.9 cm³/mol. The first-order valence-corrected chi connectivity index (χ1v) is 8.45. The molecule has 1 aromatic heterocycles. The van der Waals surface area contributed by atoms with Gasteiger partial charge in [0.15, 0.2) is 5.58 Å². The van der Waals surface area contributed by atoms with Crippen LogP contribution in [0.1, 0.15) is 25.3 Å². The van der Waals surface area contributed by atoms with E-state index in [9.17, 15) is 4.79 Å². The number of oxazole rings is 1. The summed E-state index contributed by atoms with van der Waals surface area (Å²) in [6.45, 7) is 4.25. The minimum atomic E-state index is -0.288. The van der Waals surface area contributed by atoms with Crippen LogP contribution in [0.15, 0.2) is 40.8 Å². The maximum Gasteiger partial charge on any atom is 0.239 e. The van der Waals surface area contributed by atoms with E-state index in [2.05, 4.69) is 24.1 Å². The van der Waals surface area contributed by atoms with Gasteiger partial charge in [0.2, 0.25) is 11.8 Å². The van der Waals surface area contributed by atoms with Crippen LogP contribution in [-0.2, 0) is 4.79 Å². The number of benzene rings is 2. The number of fused-ring (bicyclic) bond motifs is 1. The molecule has 0 aliphatic heterocycles. The molecule has 0 fully saturated rings. The molecule has 0 bridgehead atoms. The van der Waals surface area contributed by atoms with Crippen LogP contribution in [0, 0.1) is 0 Å². The molecule has 0 radical (unpaired) electrons. The molecule has 6 heteroatoms. The van der Waals surface area contributed by atoms with Gasteiger partial charge >= 0.3 is 0 Å². The normalized spacial score (nSPS) is 11.2. The van der Waals surface area contributed by atoms with Crippen molar-refractivity contribution in [2.24, 2.45) is 0 Å². The highest BCUT2D eigenvalue weighted by molar-refractivity contribution is 6.33. The molecule has 3 aromatic rings. The number of amides is 1. The van der Waals surface area contributed by atoms with Crippen molar-refractivity contribution < 1.29 is 9.21 Å². The number of halogens is 2. The van der Waals surface area contributed by atoms with Crippen molar-refractivity contribution in [3.63, 3.8) is 0 Å². The number of carbonyl (C=O) groups is 1. The minimum absolute atomic E-state index is 0.112. The van der Waals surface area contributed by atoms with Gasteiger partial charge in [-0.05, 0) is 41.8 Å². The van der Waals surface area contributed by atoms with E-state index in [-0.39, 0.29) is 11.8 Å². The van der Waals surface area contributed by atoms with Crippen LogP contribution < -0.4 is 5.32 Å². The van der Waals surface area contributed by atoms with Crippen LogP contribution >= 0.6 is 23.2 Å². The van der Waals surface area contributed by atoms with Crippen LogP contribution in [0.2, 0.25) is 5.02 Å². The predicted octanol–water partition coefficient (Wildman–Crippen LogP) is 5.45. The smallest absolute Gasteiger partial charge is 0.239 e. The van der Waals surface area contributed by atoms with Gasteiger partial charge in [0, 0.05) is 5.69 Å². The van der Waals surface area contributed by atoms with E-state index < -0.39 is 0 Å². The van der Waals surface area contributed by atoms with Crippen molar-refractivity contribution in [2.75, 3.05) is 11.2 Å². The second-order valence-electron chi connectivity index (χ2n) is 5.78. The standard InChI is InChI=1S/C18H16Cl2N2O2/c1-10(2)11-3-6-16-15(7-11)22-18(24-16)13-8-12(4-5-14(13)20)21-17(23)9-19/h3-8,10H,9H2,1-2H3,(H,21,23). The van der Waals surface area contributed by atoms with E-state index in [1.165, 1.54) is 5.56 Å². The molecule has 2 aromatic carbocycles. The Morgan fingerprint density at radius 2 is 2.04 bits per heavy atom. The average molecular weight is 363 g/mol. The van der Waals surface area contributed by atoms with Crippen molar-refractivity contribution in [1.29, 1.82) is 0 Å². The van der Waals surface area contributed by atoms with Gasteiger partial charge in [-0.15, -0.1) is 11.6 Å². The number of hydrogen-bond donors (Lipinski definition) is 1. The quantitative estimate of drug-likeness (QED) is 0.627. The number of alkyl halides is 1. The van der Waals surface area contributed by atoms with Crippen LogP contribution in [0.4, 0.5) is 5.69 Å². The molecular formula is C18H16Cl2N2O2. The third-order valence-electron chi connectivity index (χ3n) is 3.68. The summed E-state index contributed by atoms with van der Waals surface area (Å²) in [4.78, 5) is 16.0. The Balaban J connectivity index is 2.03. The highest BCUT2D eigenvalue weighted by Crippen LogP contribution is 2.33. The molecule has 1 amide bonds. The molecule has 0 aliphatic rings. The van der Waals surface area contributed by atoms with E-state index in [1.807, 2.05) is 18.2 Å². The average Bonchev–Trinajstić information content (AvgIpc) is 2.99. The Bertz CT molecular complexity index is 903. The van der Waals surface area contributed by atoms with Crippen molar-refractivity contribution in [3.8, 4) is 11.5 Å². The SMILES string of the molecule is CC(C)c1ccc2oc(-c3cc(NC(=O)CCl)ccc3Cl)nc2c1. The summed E-state index contributed by atoms with van der Waals surface area (Å²) in [5.41, 5.74) is 3.87. The number of rotatable bonds is 4. The fourth-order valence-electron chi connectivity index (χ4n) is 2.38. The van der Waals surface area contributed by atoms with Gasteiger partial charge in [0.1, 0.15) is 11.4 Å². The molecule has 1 N–H and O–H groups in total. The Morgan fingerprint density at radius 3 is 2.75 bits per heavy atom. The second kappa shape index (κ2) is 6.83. The summed E-state index contributed by atoms with van der Waals surface area (Å²) in [5, 5.41) is 3.18. The Labute approximate surface area is 149 Å². The largest absolute Gasteiger partial charge is 0.436 e. The summed E-state index contributed by atoms with van der Waals surface area (Å²) in [6.07, 6.45) is 0. The summed E-state index contributed by atoms with van der Waals surface area (Å²) in [5.74, 6) is 0.424. The second-order valence-corrected chi connectivity index (χ2v) is 6.45. The van der Waals surface area contributed by atoms with E-state index >= 15 is 0 Å². The zero-order valence-corrected chi connectivity index (χ0v) is 14.8. The molecule has 24 heavy (non-hydrogen) atoms. The molecule has 1 heterocycles. The number of hydrogen-bond acceptors (Lipinski definition) is 3. The molecule has 0 saturated carbocycles. The van der Waals surface area contributed by atoms with E-state index in [0.717, 1.165) is 5.52 Å². The van der Waals surface area contributed by atoms with Crippen LogP contribution in [0.25, 0.3) is 22.6 Å². The molecule has 3 rings (SSSR count). The molecular weight excluding hydrogens is 347 g/mol. The van der Waals surface area contributed by atoms with E-state index in [1.54, 1.807) is 18.2 Å². The maximum absolute atomic E-state index is 11.4. The Kier molecular flexibility index (Phi) is 4.78.